The highest BCUT2D eigenvalue weighted by atomic mass is 16.5. The zero-order valence-electron chi connectivity index (χ0n) is 18.6. The van der Waals surface area contributed by atoms with Crippen LogP contribution in [0, 0.1) is 12.8 Å². The fourth-order valence-corrected chi connectivity index (χ4v) is 4.53. The van der Waals surface area contributed by atoms with E-state index in [1.165, 1.54) is 0 Å². The number of urea groups is 1. The maximum absolute atomic E-state index is 13.1. The van der Waals surface area contributed by atoms with Crippen LogP contribution in [0.25, 0.3) is 11.1 Å². The smallest absolute Gasteiger partial charge is 0.321 e. The molecule has 2 saturated heterocycles. The van der Waals surface area contributed by atoms with Crippen LogP contribution in [0.3, 0.4) is 0 Å². The lowest BCUT2D eigenvalue weighted by atomic mass is 9.96. The summed E-state index contributed by atoms with van der Waals surface area (Å²) in [6, 6.07) is 3.09. The van der Waals surface area contributed by atoms with E-state index in [0.29, 0.717) is 37.3 Å². The third-order valence-electron chi connectivity index (χ3n) is 5.94. The largest absolute Gasteiger partial charge is 0.430 e. The minimum atomic E-state index is -0.793. The normalized spacial score (nSPS) is 23.9. The van der Waals surface area contributed by atoms with Gasteiger partial charge in [0.1, 0.15) is 5.69 Å². The Hall–Kier alpha value is -3.14. The maximum Gasteiger partial charge on any atom is 0.321 e. The lowest BCUT2D eigenvalue weighted by Gasteiger charge is -2.39. The number of hydrogen-bond donors (Lipinski definition) is 2. The molecule has 3 unspecified atom stereocenters. The molecule has 2 aromatic heterocycles. The number of nitrogens with two attached hydrogens (primary N) is 1. The predicted octanol–water partition coefficient (Wildman–Crippen LogP) is 2.11. The number of ether oxygens (including phenoxy) is 1. The first-order chi connectivity index (χ1) is 15.2. The highest BCUT2D eigenvalue weighted by molar-refractivity contribution is 6.09. The molecule has 0 saturated carbocycles. The van der Waals surface area contributed by atoms with Crippen LogP contribution in [0.15, 0.2) is 16.5 Å². The van der Waals surface area contributed by atoms with Crippen molar-refractivity contribution in [2.24, 2.45) is 11.7 Å². The minimum Gasteiger partial charge on any atom is -0.430 e. The Balaban J connectivity index is 1.49. The van der Waals surface area contributed by atoms with Gasteiger partial charge in [-0.15, -0.1) is 0 Å². The van der Waals surface area contributed by atoms with Gasteiger partial charge < -0.3 is 30.0 Å². The van der Waals surface area contributed by atoms with Gasteiger partial charge in [-0.05, 0) is 45.7 Å². The van der Waals surface area contributed by atoms with Gasteiger partial charge in [0.25, 0.3) is 5.91 Å². The van der Waals surface area contributed by atoms with Crippen LogP contribution in [-0.4, -0.2) is 71.0 Å². The summed E-state index contributed by atoms with van der Waals surface area (Å²) in [6.07, 6.45) is 1.43. The van der Waals surface area contributed by atoms with Gasteiger partial charge in [-0.1, -0.05) is 0 Å². The number of piperidine rings is 1. The number of anilines is 1. The number of likely N-dealkylation sites (tertiary alicyclic amines) is 1. The van der Waals surface area contributed by atoms with Crippen LogP contribution in [0.4, 0.5) is 10.5 Å². The van der Waals surface area contributed by atoms with Crippen LogP contribution < -0.4 is 11.1 Å². The SMILES string of the molecule is Cc1ccc2c(NC(=O)N3CCCC(C(=O)N4CC(C)OC(C)C4)C3)c(C(N)=O)oc2n1. The number of carbonyl (C=O) groups excluding carboxylic acids is 3. The Morgan fingerprint density at radius 2 is 1.84 bits per heavy atom. The summed E-state index contributed by atoms with van der Waals surface area (Å²) in [5.74, 6) is -1.16. The topological polar surface area (TPSA) is 131 Å². The first kappa shape index (κ1) is 22.1. The second kappa shape index (κ2) is 8.78. The molecule has 0 spiro atoms. The Morgan fingerprint density at radius 3 is 2.53 bits per heavy atom. The van der Waals surface area contributed by atoms with Gasteiger partial charge in [-0.2, -0.15) is 0 Å². The number of primary amides is 1. The van der Waals surface area contributed by atoms with Crippen molar-refractivity contribution in [2.45, 2.75) is 45.8 Å². The number of aromatic nitrogens is 1. The van der Waals surface area contributed by atoms with E-state index >= 15 is 0 Å². The maximum atomic E-state index is 13.1. The van der Waals surface area contributed by atoms with Crippen molar-refractivity contribution in [3.05, 3.63) is 23.6 Å². The van der Waals surface area contributed by atoms with E-state index in [-0.39, 0.29) is 41.2 Å². The summed E-state index contributed by atoms with van der Waals surface area (Å²) in [4.78, 5) is 45.7. The van der Waals surface area contributed by atoms with Crippen molar-refractivity contribution < 1.29 is 23.5 Å². The van der Waals surface area contributed by atoms with Crippen molar-refractivity contribution in [1.82, 2.24) is 14.8 Å². The molecule has 32 heavy (non-hydrogen) atoms. The van der Waals surface area contributed by atoms with Crippen molar-refractivity contribution in [1.29, 1.82) is 0 Å². The Morgan fingerprint density at radius 1 is 1.12 bits per heavy atom. The van der Waals surface area contributed by atoms with Crippen molar-refractivity contribution in [2.75, 3.05) is 31.5 Å². The minimum absolute atomic E-state index is 0.00969. The van der Waals surface area contributed by atoms with E-state index in [4.69, 9.17) is 14.9 Å². The summed E-state index contributed by atoms with van der Waals surface area (Å²) >= 11 is 0. The van der Waals surface area contributed by atoms with Crippen molar-refractivity contribution >= 4 is 34.6 Å². The number of nitrogens with zero attached hydrogens (tertiary/aromatic N) is 3. The number of fused-ring (bicyclic) bond motifs is 1. The highest BCUT2D eigenvalue weighted by Crippen LogP contribution is 2.31. The Bertz CT molecular complexity index is 1040. The molecule has 4 rings (SSSR count). The molecule has 2 aliphatic heterocycles. The lowest BCUT2D eigenvalue weighted by molar-refractivity contribution is -0.148. The van der Waals surface area contributed by atoms with Crippen molar-refractivity contribution in [3.63, 3.8) is 0 Å². The van der Waals surface area contributed by atoms with Crippen molar-refractivity contribution in [3.8, 4) is 0 Å². The zero-order valence-corrected chi connectivity index (χ0v) is 18.6. The monoisotopic (exact) mass is 443 g/mol. The molecule has 0 bridgehead atoms. The molecule has 2 aromatic rings. The first-order valence-corrected chi connectivity index (χ1v) is 10.9. The number of morpholine rings is 1. The molecule has 0 aliphatic carbocycles. The van der Waals surface area contributed by atoms with E-state index in [1.54, 1.807) is 24.0 Å². The van der Waals surface area contributed by atoms with Gasteiger partial charge in [0.05, 0.1) is 23.5 Å². The molecule has 2 fully saturated rings. The van der Waals surface area contributed by atoms with Gasteiger partial charge in [-0.3, -0.25) is 9.59 Å². The highest BCUT2D eigenvalue weighted by Gasteiger charge is 2.35. The van der Waals surface area contributed by atoms with E-state index in [1.807, 2.05) is 18.7 Å². The van der Waals surface area contributed by atoms with Crippen LogP contribution in [0.2, 0.25) is 0 Å². The number of nitrogens with one attached hydrogen (secondary N) is 1. The second-order valence-electron chi connectivity index (χ2n) is 8.69. The average Bonchev–Trinajstić information content (AvgIpc) is 3.10. The standard InChI is InChI=1S/C22H29N5O5/c1-12-6-7-16-17(18(19(23)28)32-20(16)24-12)25-22(30)26-8-4-5-15(11-26)21(29)27-9-13(2)31-14(3)10-27/h6-7,13-15H,4-5,8-11H2,1-3H3,(H2,23,28)(H,25,30). The molecule has 172 valence electrons. The van der Waals surface area contributed by atoms with E-state index in [0.717, 1.165) is 12.8 Å². The van der Waals surface area contributed by atoms with Gasteiger partial charge >= 0.3 is 6.03 Å². The lowest BCUT2D eigenvalue weighted by Crippen LogP contribution is -2.53. The molecule has 3 atom stereocenters. The quantitative estimate of drug-likeness (QED) is 0.747. The van der Waals surface area contributed by atoms with E-state index < -0.39 is 11.9 Å². The fourth-order valence-electron chi connectivity index (χ4n) is 4.53. The van der Waals surface area contributed by atoms with Crippen LogP contribution in [0.5, 0.6) is 0 Å². The van der Waals surface area contributed by atoms with Crippen LogP contribution >= 0.6 is 0 Å². The second-order valence-corrected chi connectivity index (χ2v) is 8.69. The van der Waals surface area contributed by atoms with Gasteiger partial charge in [0.2, 0.25) is 17.4 Å². The van der Waals surface area contributed by atoms with E-state index in [9.17, 15) is 14.4 Å². The Labute approximate surface area is 186 Å². The molecule has 4 heterocycles. The number of pyridine rings is 1. The number of carbonyl (C=O) groups is 3. The summed E-state index contributed by atoms with van der Waals surface area (Å²) in [6.45, 7) is 7.65. The number of aryl methyl sites for hydroxylation is 1. The molecule has 3 N–H and O–H groups in total. The molecule has 4 amide bonds. The van der Waals surface area contributed by atoms with Gasteiger partial charge in [-0.25, -0.2) is 9.78 Å². The summed E-state index contributed by atoms with van der Waals surface area (Å²) in [7, 11) is 0. The molecule has 10 nitrogen and oxygen atoms in total. The van der Waals surface area contributed by atoms with Crippen LogP contribution in [0.1, 0.15) is 42.9 Å². The molecule has 10 heteroatoms. The third kappa shape index (κ3) is 4.40. The molecule has 0 aromatic carbocycles. The zero-order chi connectivity index (χ0) is 23.0. The average molecular weight is 444 g/mol. The molecular weight excluding hydrogens is 414 g/mol. The van der Waals surface area contributed by atoms with Gasteiger partial charge in [0, 0.05) is 31.9 Å². The first-order valence-electron chi connectivity index (χ1n) is 10.9. The number of hydrogen-bond acceptors (Lipinski definition) is 6. The number of furan rings is 1. The number of rotatable bonds is 3. The van der Waals surface area contributed by atoms with Gasteiger partial charge in [0.15, 0.2) is 0 Å². The van der Waals surface area contributed by atoms with E-state index in [2.05, 4.69) is 10.3 Å². The van der Waals surface area contributed by atoms with Crippen LogP contribution in [-0.2, 0) is 9.53 Å². The predicted molar refractivity (Wildman–Crippen MR) is 117 cm³/mol. The molecule has 0 radical (unpaired) electrons. The summed E-state index contributed by atoms with van der Waals surface area (Å²) in [5, 5.41) is 3.26. The fraction of sp³-hybridized carbons (Fsp3) is 0.545. The number of amides is 4. The third-order valence-corrected chi connectivity index (χ3v) is 5.94. The molecular formula is C22H29N5O5. The molecule has 2 aliphatic rings. The summed E-state index contributed by atoms with van der Waals surface area (Å²) in [5.41, 5.74) is 6.60. The summed E-state index contributed by atoms with van der Waals surface area (Å²) < 4.78 is 11.2. The Kier molecular flexibility index (Phi) is 6.05.